The molecule has 5 heteroatoms. The third kappa shape index (κ3) is 1.43. The van der Waals surface area contributed by atoms with Crippen LogP contribution in [0, 0.1) is 0 Å². The molecule has 5 nitrogen and oxygen atoms in total. The predicted molar refractivity (Wildman–Crippen MR) is 41.8 cm³/mol. The molecule has 1 fully saturated rings. The van der Waals surface area contributed by atoms with E-state index in [4.69, 9.17) is 9.94 Å². The second kappa shape index (κ2) is 3.38. The molecule has 70 valence electrons. The van der Waals surface area contributed by atoms with Crippen molar-refractivity contribution in [3.63, 3.8) is 0 Å². The van der Waals surface area contributed by atoms with Crippen molar-refractivity contribution in [2.45, 2.75) is 12.5 Å². The molecule has 2 N–H and O–H groups in total. The molecule has 0 aliphatic carbocycles. The van der Waals surface area contributed by atoms with Gasteiger partial charge in [-0.15, -0.1) is 0 Å². The minimum atomic E-state index is -0.743. The highest BCUT2D eigenvalue weighted by molar-refractivity contribution is 5.85. The van der Waals surface area contributed by atoms with Gasteiger partial charge in [-0.1, -0.05) is 0 Å². The Labute approximate surface area is 71.3 Å². The number of amides is 1. The molecule has 0 spiro atoms. The van der Waals surface area contributed by atoms with Crippen LogP contribution in [0.2, 0.25) is 0 Å². The number of nitrogens with one attached hydrogen (secondary N) is 1. The van der Waals surface area contributed by atoms with Gasteiger partial charge in [0.25, 0.3) is 5.91 Å². The van der Waals surface area contributed by atoms with Gasteiger partial charge < -0.3 is 4.74 Å². The lowest BCUT2D eigenvalue weighted by Gasteiger charge is -2.39. The van der Waals surface area contributed by atoms with Gasteiger partial charge in [-0.2, -0.15) is 0 Å². The van der Waals surface area contributed by atoms with Crippen LogP contribution in [0.3, 0.4) is 0 Å². The quantitative estimate of drug-likeness (QED) is 0.404. The van der Waals surface area contributed by atoms with Gasteiger partial charge in [0.15, 0.2) is 0 Å². The van der Waals surface area contributed by atoms with Gasteiger partial charge in [0.2, 0.25) is 0 Å². The number of nitrogens with zero attached hydrogens (tertiary/aromatic N) is 1. The van der Waals surface area contributed by atoms with Crippen LogP contribution in [0.25, 0.3) is 0 Å². The minimum absolute atomic E-state index is 0.315. The number of rotatable bonds is 1. The van der Waals surface area contributed by atoms with Crippen LogP contribution in [-0.4, -0.2) is 48.4 Å². The summed E-state index contributed by atoms with van der Waals surface area (Å²) in [5.74, 6) is -0.426. The summed E-state index contributed by atoms with van der Waals surface area (Å²) in [6.45, 7) is 3.38. The lowest BCUT2D eigenvalue weighted by molar-refractivity contribution is -0.150. The lowest BCUT2D eigenvalue weighted by atomic mass is 10.00. The average molecular weight is 174 g/mol. The van der Waals surface area contributed by atoms with Crippen molar-refractivity contribution in [2.24, 2.45) is 0 Å². The zero-order valence-corrected chi connectivity index (χ0v) is 7.33. The summed E-state index contributed by atoms with van der Waals surface area (Å²) in [7, 11) is 1.83. The van der Waals surface area contributed by atoms with Gasteiger partial charge in [0.1, 0.15) is 5.54 Å². The van der Waals surface area contributed by atoms with Crippen LogP contribution in [0.4, 0.5) is 0 Å². The average Bonchev–Trinajstić information content (AvgIpc) is 2.09. The van der Waals surface area contributed by atoms with E-state index >= 15 is 0 Å². The Hall–Kier alpha value is -0.650. The van der Waals surface area contributed by atoms with Crippen molar-refractivity contribution in [3.05, 3.63) is 0 Å². The summed E-state index contributed by atoms with van der Waals surface area (Å²) in [5.41, 5.74) is 0.902. The van der Waals surface area contributed by atoms with E-state index in [1.165, 1.54) is 0 Å². The molecule has 1 heterocycles. The van der Waals surface area contributed by atoms with Gasteiger partial charge in [-0.3, -0.25) is 14.9 Å². The Balaban J connectivity index is 2.72. The fourth-order valence-electron chi connectivity index (χ4n) is 1.19. The van der Waals surface area contributed by atoms with E-state index < -0.39 is 11.4 Å². The Bertz CT molecular complexity index is 185. The second-order valence-corrected chi connectivity index (χ2v) is 3.19. The highest BCUT2D eigenvalue weighted by atomic mass is 16.5. The Morgan fingerprint density at radius 1 is 1.75 bits per heavy atom. The number of carbonyl (C=O) groups excluding carboxylic acids is 1. The van der Waals surface area contributed by atoms with Crippen LogP contribution >= 0.6 is 0 Å². The molecule has 0 aromatic carbocycles. The van der Waals surface area contributed by atoms with Gasteiger partial charge in [-0.05, 0) is 14.0 Å². The molecule has 1 aliphatic heterocycles. The molecule has 1 saturated heterocycles. The molecule has 1 amide bonds. The second-order valence-electron chi connectivity index (χ2n) is 3.19. The van der Waals surface area contributed by atoms with Crippen molar-refractivity contribution in [2.75, 3.05) is 26.8 Å². The van der Waals surface area contributed by atoms with Gasteiger partial charge in [0.05, 0.1) is 13.2 Å². The van der Waals surface area contributed by atoms with Crippen LogP contribution < -0.4 is 5.48 Å². The van der Waals surface area contributed by atoms with Gasteiger partial charge in [-0.25, -0.2) is 5.48 Å². The normalized spacial score (nSPS) is 31.6. The zero-order chi connectivity index (χ0) is 9.19. The first-order valence-electron chi connectivity index (χ1n) is 3.85. The maximum Gasteiger partial charge on any atom is 0.265 e. The molecule has 1 aliphatic rings. The summed E-state index contributed by atoms with van der Waals surface area (Å²) in [6, 6.07) is 0. The van der Waals surface area contributed by atoms with E-state index in [0.717, 1.165) is 0 Å². The SMILES string of the molecule is CN1CCOCC1(C)C(=O)NO. The van der Waals surface area contributed by atoms with Crippen molar-refractivity contribution in [1.29, 1.82) is 0 Å². The molecule has 0 bridgehead atoms. The first-order chi connectivity index (χ1) is 5.61. The van der Waals surface area contributed by atoms with Crippen LogP contribution in [0.15, 0.2) is 0 Å². The van der Waals surface area contributed by atoms with Crippen molar-refractivity contribution in [1.82, 2.24) is 10.4 Å². The summed E-state index contributed by atoms with van der Waals surface area (Å²) in [5, 5.41) is 8.49. The number of hydrogen-bond donors (Lipinski definition) is 2. The largest absolute Gasteiger partial charge is 0.378 e. The van der Waals surface area contributed by atoms with E-state index in [9.17, 15) is 4.79 Å². The van der Waals surface area contributed by atoms with Crippen molar-refractivity contribution >= 4 is 5.91 Å². The van der Waals surface area contributed by atoms with Gasteiger partial charge >= 0.3 is 0 Å². The summed E-state index contributed by atoms with van der Waals surface area (Å²) >= 11 is 0. The van der Waals surface area contributed by atoms with E-state index in [0.29, 0.717) is 19.8 Å². The van der Waals surface area contributed by atoms with E-state index in [1.54, 1.807) is 12.4 Å². The molecule has 1 rings (SSSR count). The molecular weight excluding hydrogens is 160 g/mol. The van der Waals surface area contributed by atoms with Crippen LogP contribution in [0.1, 0.15) is 6.92 Å². The maximum atomic E-state index is 11.2. The molecule has 12 heavy (non-hydrogen) atoms. The number of morpholine rings is 1. The monoisotopic (exact) mass is 174 g/mol. The Morgan fingerprint density at radius 2 is 2.42 bits per heavy atom. The maximum absolute atomic E-state index is 11.2. The van der Waals surface area contributed by atoms with E-state index in [2.05, 4.69) is 0 Å². The number of carbonyl (C=O) groups is 1. The third-order valence-electron chi connectivity index (χ3n) is 2.39. The fourth-order valence-corrected chi connectivity index (χ4v) is 1.19. The Morgan fingerprint density at radius 3 is 2.92 bits per heavy atom. The minimum Gasteiger partial charge on any atom is -0.378 e. The standard InChI is InChI=1S/C7H14N2O3/c1-7(6(10)8-11)5-12-4-3-9(7)2/h11H,3-5H2,1-2H3,(H,8,10). The number of hydrogen-bond acceptors (Lipinski definition) is 4. The van der Waals surface area contributed by atoms with Crippen LogP contribution in [-0.2, 0) is 9.53 Å². The molecule has 0 radical (unpaired) electrons. The molecule has 1 atom stereocenters. The van der Waals surface area contributed by atoms with Gasteiger partial charge in [0, 0.05) is 6.54 Å². The van der Waals surface area contributed by atoms with Crippen molar-refractivity contribution in [3.8, 4) is 0 Å². The first kappa shape index (κ1) is 9.44. The van der Waals surface area contributed by atoms with Crippen LogP contribution in [0.5, 0.6) is 0 Å². The zero-order valence-electron chi connectivity index (χ0n) is 7.33. The molecule has 0 aromatic heterocycles. The third-order valence-corrected chi connectivity index (χ3v) is 2.39. The number of likely N-dealkylation sites (N-methyl/N-ethyl adjacent to an activating group) is 1. The topological polar surface area (TPSA) is 61.8 Å². The van der Waals surface area contributed by atoms with E-state index in [1.807, 2.05) is 11.9 Å². The molecular formula is C7H14N2O3. The highest BCUT2D eigenvalue weighted by Gasteiger charge is 2.39. The Kier molecular flexibility index (Phi) is 2.66. The first-order valence-corrected chi connectivity index (χ1v) is 3.85. The molecule has 0 aromatic rings. The summed E-state index contributed by atoms with van der Waals surface area (Å²) in [4.78, 5) is 13.1. The number of hydroxylamine groups is 1. The molecule has 0 saturated carbocycles. The van der Waals surface area contributed by atoms with E-state index in [-0.39, 0.29) is 0 Å². The summed E-state index contributed by atoms with van der Waals surface area (Å²) in [6.07, 6.45) is 0. The summed E-state index contributed by atoms with van der Waals surface area (Å²) < 4.78 is 5.16. The number of ether oxygens (including phenoxy) is 1. The van der Waals surface area contributed by atoms with Crippen molar-refractivity contribution < 1.29 is 14.7 Å². The molecule has 1 unspecified atom stereocenters. The highest BCUT2D eigenvalue weighted by Crippen LogP contribution is 2.17. The fraction of sp³-hybridized carbons (Fsp3) is 0.857. The lowest BCUT2D eigenvalue weighted by Crippen LogP contribution is -2.61. The predicted octanol–water partition coefficient (Wildman–Crippen LogP) is -0.787. The smallest absolute Gasteiger partial charge is 0.265 e.